The minimum absolute atomic E-state index is 0. The number of benzene rings is 1. The van der Waals surface area contributed by atoms with Gasteiger partial charge in [0.2, 0.25) is 0 Å². The first-order valence-corrected chi connectivity index (χ1v) is 8.04. The molecule has 1 aliphatic heterocycles. The predicted molar refractivity (Wildman–Crippen MR) is 94.1 cm³/mol. The number of aryl methyl sites for hydroxylation is 2. The summed E-state index contributed by atoms with van der Waals surface area (Å²) in [4.78, 5) is 16.5. The van der Waals surface area contributed by atoms with E-state index in [4.69, 9.17) is 5.73 Å². The van der Waals surface area contributed by atoms with Gasteiger partial charge in [0.05, 0.1) is 4.88 Å². The first kappa shape index (κ1) is 17.0. The Kier molecular flexibility index (Phi) is 5.27. The van der Waals surface area contributed by atoms with Crippen LogP contribution < -0.4 is 5.73 Å². The minimum atomic E-state index is 0. The first-order chi connectivity index (χ1) is 10.1. The van der Waals surface area contributed by atoms with Crippen molar-refractivity contribution >= 4 is 29.7 Å². The minimum Gasteiger partial charge on any atom is -0.336 e. The second-order valence-electron chi connectivity index (χ2n) is 5.74. The number of carbonyl (C=O) groups excluding carboxylic acids is 1. The Morgan fingerprint density at radius 2 is 1.91 bits per heavy atom. The highest BCUT2D eigenvalue weighted by Gasteiger charge is 2.34. The third-order valence-corrected chi connectivity index (χ3v) is 5.40. The van der Waals surface area contributed by atoms with Crippen LogP contribution in [-0.4, -0.2) is 29.9 Å². The van der Waals surface area contributed by atoms with E-state index in [1.54, 1.807) is 11.3 Å². The highest BCUT2D eigenvalue weighted by molar-refractivity contribution is 7.14. The maximum atomic E-state index is 12.6. The lowest BCUT2D eigenvalue weighted by atomic mass is 9.95. The zero-order valence-corrected chi connectivity index (χ0v) is 14.4. The molecule has 1 aromatic heterocycles. The van der Waals surface area contributed by atoms with Crippen molar-refractivity contribution in [3.8, 4) is 0 Å². The van der Waals surface area contributed by atoms with Gasteiger partial charge in [0, 0.05) is 29.9 Å². The highest BCUT2D eigenvalue weighted by atomic mass is 35.5. The lowest BCUT2D eigenvalue weighted by Gasteiger charge is -2.15. The van der Waals surface area contributed by atoms with E-state index in [0.717, 1.165) is 4.88 Å². The van der Waals surface area contributed by atoms with E-state index in [0.29, 0.717) is 13.1 Å². The normalized spacial score (nSPS) is 20.8. The molecule has 2 heterocycles. The summed E-state index contributed by atoms with van der Waals surface area (Å²) in [5.41, 5.74) is 8.67. The maximum absolute atomic E-state index is 12.6. The van der Waals surface area contributed by atoms with Gasteiger partial charge in [-0.25, -0.2) is 0 Å². The SMILES string of the molecule is Cc1cc(C(=O)N2C[C@@H](N)[C@H](c3ccccc3)C2)sc1C.Cl. The summed E-state index contributed by atoms with van der Waals surface area (Å²) in [5, 5.41) is 0. The molecule has 3 nitrogen and oxygen atoms in total. The molecule has 118 valence electrons. The van der Waals surface area contributed by atoms with Crippen molar-refractivity contribution in [2.45, 2.75) is 25.8 Å². The van der Waals surface area contributed by atoms with E-state index < -0.39 is 0 Å². The number of nitrogens with two attached hydrogens (primary N) is 1. The lowest BCUT2D eigenvalue weighted by molar-refractivity contribution is 0.0794. The summed E-state index contributed by atoms with van der Waals surface area (Å²) in [6.45, 7) is 5.44. The molecule has 0 saturated carbocycles. The van der Waals surface area contributed by atoms with E-state index >= 15 is 0 Å². The molecule has 0 aliphatic carbocycles. The molecule has 0 radical (unpaired) electrons. The van der Waals surface area contributed by atoms with E-state index in [-0.39, 0.29) is 30.3 Å². The average Bonchev–Trinajstić information content (AvgIpc) is 3.03. The number of thiophene rings is 1. The standard InChI is InChI=1S/C17H20N2OS.ClH/c1-11-8-16(21-12(11)2)17(20)19-9-14(15(18)10-19)13-6-4-3-5-7-13;/h3-8,14-15H,9-10,18H2,1-2H3;1H/t14-,15+;/m0./s1. The molecule has 0 spiro atoms. The van der Waals surface area contributed by atoms with Crippen molar-refractivity contribution in [3.05, 3.63) is 57.3 Å². The molecule has 3 rings (SSSR count). The van der Waals surface area contributed by atoms with Gasteiger partial charge in [-0.1, -0.05) is 30.3 Å². The Morgan fingerprint density at radius 3 is 2.50 bits per heavy atom. The number of carbonyl (C=O) groups is 1. The molecule has 2 aromatic rings. The molecule has 1 amide bonds. The van der Waals surface area contributed by atoms with Gasteiger partial charge >= 0.3 is 0 Å². The van der Waals surface area contributed by atoms with E-state index in [2.05, 4.69) is 19.1 Å². The zero-order valence-electron chi connectivity index (χ0n) is 12.8. The van der Waals surface area contributed by atoms with Crippen LogP contribution in [0, 0.1) is 13.8 Å². The Balaban J connectivity index is 0.00000176. The van der Waals surface area contributed by atoms with Crippen LogP contribution in [0.2, 0.25) is 0 Å². The van der Waals surface area contributed by atoms with Gasteiger partial charge in [-0.3, -0.25) is 4.79 Å². The van der Waals surface area contributed by atoms with Crippen LogP contribution in [0.3, 0.4) is 0 Å². The summed E-state index contributed by atoms with van der Waals surface area (Å²) in [5.74, 6) is 0.349. The number of nitrogens with zero attached hydrogens (tertiary/aromatic N) is 1. The van der Waals surface area contributed by atoms with Crippen molar-refractivity contribution in [2.75, 3.05) is 13.1 Å². The molecule has 1 fully saturated rings. The fourth-order valence-electron chi connectivity index (χ4n) is 2.88. The van der Waals surface area contributed by atoms with Crippen molar-refractivity contribution < 1.29 is 4.79 Å². The van der Waals surface area contributed by atoms with Gasteiger partial charge in [-0.2, -0.15) is 0 Å². The quantitative estimate of drug-likeness (QED) is 0.914. The van der Waals surface area contributed by atoms with Crippen molar-refractivity contribution in [3.63, 3.8) is 0 Å². The molecule has 2 atom stereocenters. The third-order valence-electron chi connectivity index (χ3n) is 4.26. The van der Waals surface area contributed by atoms with Crippen LogP contribution in [-0.2, 0) is 0 Å². The molecule has 1 aromatic carbocycles. The largest absolute Gasteiger partial charge is 0.336 e. The number of hydrogen-bond acceptors (Lipinski definition) is 3. The molecule has 1 aliphatic rings. The Labute approximate surface area is 141 Å². The van der Waals surface area contributed by atoms with Crippen LogP contribution in [0.5, 0.6) is 0 Å². The average molecular weight is 337 g/mol. The van der Waals surface area contributed by atoms with Gasteiger partial charge < -0.3 is 10.6 Å². The van der Waals surface area contributed by atoms with Crippen LogP contribution in [0.1, 0.15) is 31.6 Å². The molecule has 22 heavy (non-hydrogen) atoms. The molecule has 0 unspecified atom stereocenters. The predicted octanol–water partition coefficient (Wildman–Crippen LogP) is 3.35. The molecule has 5 heteroatoms. The number of hydrogen-bond donors (Lipinski definition) is 1. The van der Waals surface area contributed by atoms with Crippen molar-refractivity contribution in [1.29, 1.82) is 0 Å². The Morgan fingerprint density at radius 1 is 1.23 bits per heavy atom. The van der Waals surface area contributed by atoms with Crippen LogP contribution >= 0.6 is 23.7 Å². The fourth-order valence-corrected chi connectivity index (χ4v) is 3.88. The van der Waals surface area contributed by atoms with Crippen LogP contribution in [0.15, 0.2) is 36.4 Å². The van der Waals surface area contributed by atoms with Crippen LogP contribution in [0.25, 0.3) is 0 Å². The van der Waals surface area contributed by atoms with E-state index in [1.807, 2.05) is 36.1 Å². The first-order valence-electron chi connectivity index (χ1n) is 7.23. The van der Waals surface area contributed by atoms with E-state index in [9.17, 15) is 4.79 Å². The van der Waals surface area contributed by atoms with E-state index in [1.165, 1.54) is 16.0 Å². The summed E-state index contributed by atoms with van der Waals surface area (Å²) in [7, 11) is 0. The van der Waals surface area contributed by atoms with Crippen molar-refractivity contribution in [2.24, 2.45) is 5.73 Å². The topological polar surface area (TPSA) is 46.3 Å². The van der Waals surface area contributed by atoms with Gasteiger partial charge in [0.25, 0.3) is 5.91 Å². The molecule has 0 bridgehead atoms. The summed E-state index contributed by atoms with van der Waals surface area (Å²) in [6, 6.07) is 12.2. The van der Waals surface area contributed by atoms with Gasteiger partial charge in [-0.15, -0.1) is 23.7 Å². The summed E-state index contributed by atoms with van der Waals surface area (Å²) >= 11 is 1.58. The Hall–Kier alpha value is -1.36. The number of likely N-dealkylation sites (tertiary alicyclic amines) is 1. The number of halogens is 1. The monoisotopic (exact) mass is 336 g/mol. The number of rotatable bonds is 2. The summed E-state index contributed by atoms with van der Waals surface area (Å²) < 4.78 is 0. The zero-order chi connectivity index (χ0) is 15.0. The second kappa shape index (κ2) is 6.82. The van der Waals surface area contributed by atoms with Gasteiger partial charge in [-0.05, 0) is 31.0 Å². The Bertz CT molecular complexity index is 636. The van der Waals surface area contributed by atoms with Crippen LogP contribution in [0.4, 0.5) is 0 Å². The van der Waals surface area contributed by atoms with Crippen molar-refractivity contribution in [1.82, 2.24) is 4.90 Å². The fraction of sp³-hybridized carbons (Fsp3) is 0.353. The smallest absolute Gasteiger partial charge is 0.264 e. The second-order valence-corrected chi connectivity index (χ2v) is 7.00. The molecular formula is C17H21ClN2OS. The van der Waals surface area contributed by atoms with Gasteiger partial charge in [0.15, 0.2) is 0 Å². The molecule has 1 saturated heterocycles. The number of amides is 1. The van der Waals surface area contributed by atoms with Gasteiger partial charge in [0.1, 0.15) is 0 Å². The highest BCUT2D eigenvalue weighted by Crippen LogP contribution is 2.29. The molecular weight excluding hydrogens is 316 g/mol. The summed E-state index contributed by atoms with van der Waals surface area (Å²) in [6.07, 6.45) is 0. The lowest BCUT2D eigenvalue weighted by Crippen LogP contribution is -2.31. The third kappa shape index (κ3) is 3.19. The molecule has 2 N–H and O–H groups in total. The maximum Gasteiger partial charge on any atom is 0.264 e.